The average Bonchev–Trinajstić information content (AvgIpc) is 2.98. The molecule has 2 unspecified atom stereocenters. The van der Waals surface area contributed by atoms with E-state index in [2.05, 4.69) is 30.1 Å². The zero-order valence-corrected chi connectivity index (χ0v) is 13.9. The van der Waals surface area contributed by atoms with E-state index in [-0.39, 0.29) is 5.82 Å². The number of piperazine rings is 1. The molecule has 0 radical (unpaired) electrons. The normalized spacial score (nSPS) is 23.0. The summed E-state index contributed by atoms with van der Waals surface area (Å²) in [5, 5.41) is 12.8. The lowest BCUT2D eigenvalue weighted by molar-refractivity contribution is 0.105. The maximum atomic E-state index is 13.8. The number of hydrogen-bond donors (Lipinski definition) is 0. The maximum Gasteiger partial charge on any atom is 0.178 e. The number of hydrogen-bond acceptors (Lipinski definition) is 6. The van der Waals surface area contributed by atoms with Crippen LogP contribution in [0, 0.1) is 12.7 Å². The highest BCUT2D eigenvalue weighted by Gasteiger charge is 2.45. The fraction of sp³-hybridized carbons (Fsp3) is 0.412. The van der Waals surface area contributed by atoms with Crippen molar-refractivity contribution in [2.24, 2.45) is 0 Å². The van der Waals surface area contributed by atoms with Gasteiger partial charge < -0.3 is 4.90 Å². The van der Waals surface area contributed by atoms with Crippen LogP contribution in [0.15, 0.2) is 30.5 Å². The lowest BCUT2D eigenvalue weighted by atomic mass is 9.87. The van der Waals surface area contributed by atoms with Gasteiger partial charge in [-0.1, -0.05) is 0 Å². The van der Waals surface area contributed by atoms with Gasteiger partial charge in [0.15, 0.2) is 11.5 Å². The molecule has 3 aromatic heterocycles. The van der Waals surface area contributed by atoms with E-state index in [0.717, 1.165) is 36.8 Å². The summed E-state index contributed by atoms with van der Waals surface area (Å²) < 4.78 is 15.6. The zero-order valence-electron chi connectivity index (χ0n) is 13.9. The van der Waals surface area contributed by atoms with E-state index in [0.29, 0.717) is 24.3 Å². The van der Waals surface area contributed by atoms with Gasteiger partial charge in [-0.25, -0.2) is 4.39 Å². The molecule has 6 heterocycles. The van der Waals surface area contributed by atoms with Crippen molar-refractivity contribution in [2.45, 2.75) is 32.0 Å². The summed E-state index contributed by atoms with van der Waals surface area (Å²) in [6.45, 7) is 4.25. The van der Waals surface area contributed by atoms with E-state index in [4.69, 9.17) is 0 Å². The lowest BCUT2D eigenvalue weighted by Gasteiger charge is -2.56. The Hall–Kier alpha value is -2.61. The van der Waals surface area contributed by atoms with Crippen LogP contribution in [0.2, 0.25) is 0 Å². The third kappa shape index (κ3) is 2.36. The van der Waals surface area contributed by atoms with E-state index < -0.39 is 0 Å². The SMILES string of the molecule is Cc1nnc2ccc(N3C4CC3CN(Cc3ncccc3F)C4)nn12. The molecule has 3 fully saturated rings. The Morgan fingerprint density at radius 3 is 2.80 bits per heavy atom. The van der Waals surface area contributed by atoms with Gasteiger partial charge in [-0.2, -0.15) is 4.52 Å². The molecule has 3 aliphatic rings. The Morgan fingerprint density at radius 2 is 2.00 bits per heavy atom. The zero-order chi connectivity index (χ0) is 17.0. The van der Waals surface area contributed by atoms with Gasteiger partial charge in [-0.05, 0) is 37.6 Å². The maximum absolute atomic E-state index is 13.8. The van der Waals surface area contributed by atoms with Crippen LogP contribution in [0.1, 0.15) is 17.9 Å². The summed E-state index contributed by atoms with van der Waals surface area (Å²) in [6.07, 6.45) is 2.80. The number of aromatic nitrogens is 5. The quantitative estimate of drug-likeness (QED) is 0.719. The molecule has 0 spiro atoms. The van der Waals surface area contributed by atoms with E-state index in [1.807, 2.05) is 19.1 Å². The molecular formula is C17H18FN7. The van der Waals surface area contributed by atoms with Crippen molar-refractivity contribution >= 4 is 11.5 Å². The monoisotopic (exact) mass is 339 g/mol. The Labute approximate surface area is 144 Å². The van der Waals surface area contributed by atoms with Crippen molar-refractivity contribution in [1.29, 1.82) is 0 Å². The molecule has 25 heavy (non-hydrogen) atoms. The van der Waals surface area contributed by atoms with Crippen LogP contribution in [0.25, 0.3) is 5.65 Å². The van der Waals surface area contributed by atoms with E-state index >= 15 is 0 Å². The molecule has 128 valence electrons. The van der Waals surface area contributed by atoms with Gasteiger partial charge in [-0.3, -0.25) is 9.88 Å². The van der Waals surface area contributed by atoms with Gasteiger partial charge in [-0.15, -0.1) is 15.3 Å². The molecule has 0 amide bonds. The first-order valence-electron chi connectivity index (χ1n) is 8.48. The van der Waals surface area contributed by atoms with Crippen molar-refractivity contribution < 1.29 is 4.39 Å². The number of piperidine rings is 1. The molecule has 3 aromatic rings. The van der Waals surface area contributed by atoms with Crippen LogP contribution in [-0.4, -0.2) is 54.9 Å². The summed E-state index contributed by atoms with van der Waals surface area (Å²) >= 11 is 0. The van der Waals surface area contributed by atoms with E-state index in [9.17, 15) is 4.39 Å². The average molecular weight is 339 g/mol. The Morgan fingerprint density at radius 1 is 1.16 bits per heavy atom. The Kier molecular flexibility index (Phi) is 3.21. The highest BCUT2D eigenvalue weighted by molar-refractivity contribution is 5.50. The third-order valence-corrected chi connectivity index (χ3v) is 5.15. The number of pyridine rings is 1. The molecule has 0 saturated carbocycles. The summed E-state index contributed by atoms with van der Waals surface area (Å²) in [5.74, 6) is 1.52. The number of halogens is 1. The largest absolute Gasteiger partial charge is 0.346 e. The minimum atomic E-state index is -0.228. The van der Waals surface area contributed by atoms with Crippen LogP contribution >= 0.6 is 0 Å². The third-order valence-electron chi connectivity index (χ3n) is 5.15. The van der Waals surface area contributed by atoms with Gasteiger partial charge >= 0.3 is 0 Å². The second kappa shape index (κ2) is 5.45. The predicted molar refractivity (Wildman–Crippen MR) is 89.7 cm³/mol. The van der Waals surface area contributed by atoms with E-state index in [1.54, 1.807) is 16.8 Å². The van der Waals surface area contributed by atoms with Crippen LogP contribution in [-0.2, 0) is 6.54 Å². The van der Waals surface area contributed by atoms with Gasteiger partial charge in [0, 0.05) is 37.9 Å². The van der Waals surface area contributed by atoms with Crippen LogP contribution in [0.3, 0.4) is 0 Å². The van der Waals surface area contributed by atoms with E-state index in [1.165, 1.54) is 6.07 Å². The van der Waals surface area contributed by atoms with Crippen molar-refractivity contribution in [2.75, 3.05) is 18.0 Å². The van der Waals surface area contributed by atoms with Gasteiger partial charge in [0.05, 0.1) is 5.69 Å². The number of nitrogens with zero attached hydrogens (tertiary/aromatic N) is 7. The summed E-state index contributed by atoms with van der Waals surface area (Å²) in [4.78, 5) is 8.81. The highest BCUT2D eigenvalue weighted by Crippen LogP contribution is 2.36. The van der Waals surface area contributed by atoms with Gasteiger partial charge in [0.25, 0.3) is 0 Å². The molecule has 2 atom stereocenters. The minimum absolute atomic E-state index is 0.228. The summed E-state index contributed by atoms with van der Waals surface area (Å²) in [5.41, 5.74) is 1.29. The molecule has 0 N–H and O–H groups in total. The van der Waals surface area contributed by atoms with Crippen molar-refractivity contribution in [3.05, 3.63) is 47.8 Å². The molecule has 0 aromatic carbocycles. The molecule has 2 bridgehead atoms. The lowest BCUT2D eigenvalue weighted by Crippen LogP contribution is -2.69. The molecule has 0 aliphatic carbocycles. The first-order valence-corrected chi connectivity index (χ1v) is 8.48. The first-order chi connectivity index (χ1) is 12.2. The number of rotatable bonds is 3. The predicted octanol–water partition coefficient (Wildman–Crippen LogP) is 1.43. The molecule has 3 saturated heterocycles. The molecular weight excluding hydrogens is 321 g/mol. The fourth-order valence-corrected chi connectivity index (χ4v) is 3.97. The van der Waals surface area contributed by atoms with Crippen LogP contribution in [0.4, 0.5) is 10.2 Å². The first kappa shape index (κ1) is 14.7. The van der Waals surface area contributed by atoms with Crippen molar-refractivity contribution in [3.8, 4) is 0 Å². The molecule has 8 heteroatoms. The second-order valence-corrected chi connectivity index (χ2v) is 6.79. The Bertz CT molecular complexity index is 928. The topological polar surface area (TPSA) is 62.5 Å². The number of anilines is 1. The van der Waals surface area contributed by atoms with Crippen LogP contribution in [0.5, 0.6) is 0 Å². The van der Waals surface area contributed by atoms with Crippen molar-refractivity contribution in [3.63, 3.8) is 0 Å². The van der Waals surface area contributed by atoms with Gasteiger partial charge in [0.1, 0.15) is 11.6 Å². The Balaban J connectivity index is 1.34. The fourth-order valence-electron chi connectivity index (χ4n) is 3.97. The smallest absolute Gasteiger partial charge is 0.178 e. The number of aryl methyl sites for hydroxylation is 1. The second-order valence-electron chi connectivity index (χ2n) is 6.79. The molecule has 6 rings (SSSR count). The summed E-state index contributed by atoms with van der Waals surface area (Å²) in [6, 6.07) is 7.89. The highest BCUT2D eigenvalue weighted by atomic mass is 19.1. The summed E-state index contributed by atoms with van der Waals surface area (Å²) in [7, 11) is 0. The van der Waals surface area contributed by atoms with Gasteiger partial charge in [0.2, 0.25) is 0 Å². The minimum Gasteiger partial charge on any atom is -0.346 e. The standard InChI is InChI=1S/C17H18FN7/c1-11-20-21-16-4-5-17(22-25(11)16)24-12-7-13(24)9-23(8-12)10-15-14(18)3-2-6-19-15/h2-6,12-13H,7-10H2,1H3. The molecule has 7 nitrogen and oxygen atoms in total. The van der Waals surface area contributed by atoms with Crippen LogP contribution < -0.4 is 4.90 Å². The molecule has 3 aliphatic heterocycles. The van der Waals surface area contributed by atoms with Crippen molar-refractivity contribution in [1.82, 2.24) is 29.7 Å². The number of fused-ring (bicyclic) bond motifs is 3.